The number of rotatable bonds is 11. The summed E-state index contributed by atoms with van der Waals surface area (Å²) in [6.07, 6.45) is 4.03. The van der Waals surface area contributed by atoms with Crippen molar-refractivity contribution >= 4 is 29.4 Å². The second kappa shape index (κ2) is 13.4. The van der Waals surface area contributed by atoms with Gasteiger partial charge in [-0.1, -0.05) is 25.1 Å². The molecule has 190 valence electrons. The lowest BCUT2D eigenvalue weighted by Crippen LogP contribution is -2.10. The van der Waals surface area contributed by atoms with Crippen LogP contribution in [-0.2, 0) is 9.53 Å². The van der Waals surface area contributed by atoms with Crippen LogP contribution in [0.4, 0.5) is 11.4 Å². The van der Waals surface area contributed by atoms with Crippen molar-refractivity contribution in [3.8, 4) is 17.6 Å². The van der Waals surface area contributed by atoms with Crippen LogP contribution >= 0.6 is 0 Å². The van der Waals surface area contributed by atoms with E-state index in [1.165, 1.54) is 6.08 Å². The maximum atomic E-state index is 12.4. The quantitative estimate of drug-likeness (QED) is 0.122. The zero-order chi connectivity index (χ0) is 26.6. The number of anilines is 2. The fraction of sp³-hybridized carbons (Fsp3) is 0.207. The third-order valence-electron chi connectivity index (χ3n) is 5.41. The molecule has 4 N–H and O–H groups in total. The highest BCUT2D eigenvalue weighted by Gasteiger charge is 2.12. The minimum absolute atomic E-state index is 0.0786. The topological polar surface area (TPSA) is 138 Å². The van der Waals surface area contributed by atoms with Crippen LogP contribution in [0.5, 0.6) is 11.5 Å². The van der Waals surface area contributed by atoms with E-state index in [4.69, 9.17) is 30.9 Å². The molecule has 1 unspecified atom stereocenters. The zero-order valence-corrected chi connectivity index (χ0v) is 20.6. The summed E-state index contributed by atoms with van der Waals surface area (Å²) < 4.78 is 16.3. The second-order valence-electron chi connectivity index (χ2n) is 8.35. The van der Waals surface area contributed by atoms with Gasteiger partial charge in [0.1, 0.15) is 11.5 Å². The smallest absolute Gasteiger partial charge is 0.343 e. The number of ether oxygens (including phenoxy) is 3. The van der Waals surface area contributed by atoms with Gasteiger partial charge in [0.25, 0.3) is 0 Å². The van der Waals surface area contributed by atoms with Crippen LogP contribution in [0.3, 0.4) is 0 Å². The van der Waals surface area contributed by atoms with Gasteiger partial charge >= 0.3 is 11.9 Å². The van der Waals surface area contributed by atoms with Crippen molar-refractivity contribution in [3.05, 3.63) is 89.5 Å². The predicted octanol–water partition coefficient (Wildman–Crippen LogP) is 5.11. The van der Waals surface area contributed by atoms with E-state index in [2.05, 4.69) is 6.07 Å². The molecule has 0 radical (unpaired) electrons. The molecule has 0 amide bonds. The maximum absolute atomic E-state index is 12.4. The van der Waals surface area contributed by atoms with Gasteiger partial charge in [-0.3, -0.25) is 0 Å². The highest BCUT2D eigenvalue weighted by atomic mass is 16.5. The Bertz CT molecular complexity index is 1280. The fourth-order valence-electron chi connectivity index (χ4n) is 3.39. The van der Waals surface area contributed by atoms with Gasteiger partial charge in [-0.2, -0.15) is 5.26 Å². The molecule has 1 atom stereocenters. The molecular formula is C29H29N3O5. The molecule has 0 aliphatic heterocycles. The molecule has 0 heterocycles. The molecule has 0 aliphatic rings. The fourth-order valence-corrected chi connectivity index (χ4v) is 3.39. The van der Waals surface area contributed by atoms with E-state index in [1.807, 2.05) is 13.0 Å². The number of benzene rings is 3. The number of carbonyl (C=O) groups is 2. The van der Waals surface area contributed by atoms with Crippen LogP contribution in [0.1, 0.15) is 47.2 Å². The number of hydrogen-bond acceptors (Lipinski definition) is 8. The van der Waals surface area contributed by atoms with Crippen molar-refractivity contribution in [3.63, 3.8) is 0 Å². The van der Waals surface area contributed by atoms with Gasteiger partial charge in [0, 0.05) is 29.8 Å². The first-order chi connectivity index (χ1) is 17.9. The Morgan fingerprint density at radius 1 is 1.00 bits per heavy atom. The number of hydrogen-bond donors (Lipinski definition) is 2. The number of esters is 2. The van der Waals surface area contributed by atoms with E-state index in [9.17, 15) is 9.59 Å². The molecule has 3 aromatic rings. The van der Waals surface area contributed by atoms with Gasteiger partial charge in [-0.25, -0.2) is 9.59 Å². The molecule has 8 heteroatoms. The highest BCUT2D eigenvalue weighted by Crippen LogP contribution is 2.24. The maximum Gasteiger partial charge on any atom is 0.343 e. The summed E-state index contributed by atoms with van der Waals surface area (Å²) in [6.45, 7) is 2.54. The van der Waals surface area contributed by atoms with E-state index < -0.39 is 11.9 Å². The number of nitrogen functional groups attached to an aromatic ring is 2. The first-order valence-electron chi connectivity index (χ1n) is 11.8. The second-order valence-corrected chi connectivity index (χ2v) is 8.35. The summed E-state index contributed by atoms with van der Waals surface area (Å²) in [5.41, 5.74) is 14.8. The largest absolute Gasteiger partial charge is 0.494 e. The van der Waals surface area contributed by atoms with Crippen LogP contribution in [0.2, 0.25) is 0 Å². The summed E-state index contributed by atoms with van der Waals surface area (Å²) in [5, 5.41) is 8.54. The minimum Gasteiger partial charge on any atom is -0.494 e. The Hall–Kier alpha value is -4.77. The van der Waals surface area contributed by atoms with Crippen molar-refractivity contribution in [1.29, 1.82) is 5.26 Å². The van der Waals surface area contributed by atoms with Gasteiger partial charge < -0.3 is 25.7 Å². The lowest BCUT2D eigenvalue weighted by atomic mass is 10.00. The molecule has 0 aromatic heterocycles. The van der Waals surface area contributed by atoms with Crippen LogP contribution in [0.25, 0.3) is 6.08 Å². The van der Waals surface area contributed by atoms with Gasteiger partial charge in [0.15, 0.2) is 0 Å². The first kappa shape index (κ1) is 26.8. The van der Waals surface area contributed by atoms with Crippen molar-refractivity contribution < 1.29 is 23.8 Å². The Labute approximate surface area is 216 Å². The van der Waals surface area contributed by atoms with Crippen molar-refractivity contribution in [2.24, 2.45) is 0 Å². The molecule has 0 saturated carbocycles. The minimum atomic E-state index is -0.501. The average Bonchev–Trinajstić information content (AvgIpc) is 2.89. The number of nitrogens with two attached hydrogens (primary N) is 2. The summed E-state index contributed by atoms with van der Waals surface area (Å²) in [6, 6.07) is 20.7. The van der Waals surface area contributed by atoms with Crippen LogP contribution < -0.4 is 20.9 Å². The van der Waals surface area contributed by atoms with Crippen LogP contribution in [0.15, 0.2) is 72.8 Å². The van der Waals surface area contributed by atoms with Crippen molar-refractivity contribution in [1.82, 2.24) is 0 Å². The van der Waals surface area contributed by atoms with E-state index in [-0.39, 0.29) is 12.5 Å². The van der Waals surface area contributed by atoms with Gasteiger partial charge in [0.05, 0.1) is 24.8 Å². The monoisotopic (exact) mass is 499 g/mol. The number of nitriles is 1. The summed E-state index contributed by atoms with van der Waals surface area (Å²) in [5.74, 6) is -0.0675. The molecular weight excluding hydrogens is 470 g/mol. The highest BCUT2D eigenvalue weighted by molar-refractivity contribution is 5.91. The molecule has 8 nitrogen and oxygen atoms in total. The Kier molecular flexibility index (Phi) is 9.68. The lowest BCUT2D eigenvalue weighted by molar-refractivity contribution is -0.138. The van der Waals surface area contributed by atoms with Crippen LogP contribution in [0, 0.1) is 11.3 Å². The average molecular weight is 500 g/mol. The van der Waals surface area contributed by atoms with Gasteiger partial charge in [0.2, 0.25) is 0 Å². The molecule has 37 heavy (non-hydrogen) atoms. The first-order valence-corrected chi connectivity index (χ1v) is 11.8. The molecule has 0 saturated heterocycles. The zero-order valence-electron chi connectivity index (χ0n) is 20.6. The third kappa shape index (κ3) is 8.44. The third-order valence-corrected chi connectivity index (χ3v) is 5.41. The molecule has 0 spiro atoms. The number of carbonyl (C=O) groups excluding carboxylic acids is 2. The van der Waals surface area contributed by atoms with Crippen molar-refractivity contribution in [2.75, 3.05) is 24.7 Å². The predicted molar refractivity (Wildman–Crippen MR) is 142 cm³/mol. The SMILES string of the molecule is CC(COC(=O)/C=C/c1ccc(OC(=O)c2ccc(OCCCC#N)cc2)cc1)c1ccc(N)cc1N. The standard InChI is InChI=1S/C29H29N3O5/c1-20(26-14-9-23(31)18-27(26)32)19-36-28(33)15-6-21-4-10-25(11-5-21)37-29(34)22-7-12-24(13-8-22)35-17-3-2-16-30/h4-15,18,20H,2-3,17,19,31-32H2,1H3/b15-6+. The van der Waals surface area contributed by atoms with Gasteiger partial charge in [-0.05, 0) is 72.2 Å². The van der Waals surface area contributed by atoms with Gasteiger partial charge in [-0.15, -0.1) is 0 Å². The number of nitrogens with zero attached hydrogens (tertiary/aromatic N) is 1. The molecule has 0 aliphatic carbocycles. The number of unbranched alkanes of at least 4 members (excludes halogenated alkanes) is 1. The normalized spacial score (nSPS) is 11.5. The summed E-state index contributed by atoms with van der Waals surface area (Å²) in [7, 11) is 0. The molecule has 3 rings (SSSR count). The lowest BCUT2D eigenvalue weighted by Gasteiger charge is -2.14. The molecule has 0 bridgehead atoms. The van der Waals surface area contributed by atoms with E-state index >= 15 is 0 Å². The molecule has 3 aromatic carbocycles. The summed E-state index contributed by atoms with van der Waals surface area (Å²) >= 11 is 0. The summed E-state index contributed by atoms with van der Waals surface area (Å²) in [4.78, 5) is 24.5. The Balaban J connectivity index is 1.46. The van der Waals surface area contributed by atoms with E-state index in [0.717, 1.165) is 11.1 Å². The van der Waals surface area contributed by atoms with Crippen LogP contribution in [-0.4, -0.2) is 25.2 Å². The molecule has 0 fully saturated rings. The Morgan fingerprint density at radius 3 is 2.38 bits per heavy atom. The Morgan fingerprint density at radius 2 is 1.70 bits per heavy atom. The van der Waals surface area contributed by atoms with E-state index in [1.54, 1.807) is 66.7 Å². The van der Waals surface area contributed by atoms with E-state index in [0.29, 0.717) is 47.9 Å². The van der Waals surface area contributed by atoms with Crippen molar-refractivity contribution in [2.45, 2.75) is 25.7 Å².